The molecule has 0 saturated carbocycles. The molecule has 0 aliphatic rings. The summed E-state index contributed by atoms with van der Waals surface area (Å²) in [5, 5.41) is 8.39. The van der Waals surface area contributed by atoms with Crippen LogP contribution in [0.15, 0.2) is 0 Å². The molecule has 0 radical (unpaired) electrons. The van der Waals surface area contributed by atoms with Crippen molar-refractivity contribution in [3.8, 4) is 0 Å². The molecule has 0 aliphatic carbocycles. The van der Waals surface area contributed by atoms with E-state index in [2.05, 4.69) is 6.92 Å². The van der Waals surface area contributed by atoms with E-state index in [0.717, 1.165) is 12.8 Å². The molecule has 0 bridgehead atoms. The Morgan fingerprint density at radius 3 is 1.85 bits per heavy atom. The van der Waals surface area contributed by atoms with Gasteiger partial charge in [-0.2, -0.15) is 0 Å². The lowest BCUT2D eigenvalue weighted by Crippen LogP contribution is -1.93. The van der Waals surface area contributed by atoms with E-state index in [4.69, 9.17) is 5.11 Å². The van der Waals surface area contributed by atoms with E-state index >= 15 is 0 Å². The SMILES string of the molecule is CCCCCCCCCC[13C](=O)O. The summed E-state index contributed by atoms with van der Waals surface area (Å²) in [6.45, 7) is 2.22. The standard InChI is InChI=1S/C11H22O2/c1-2-3-4-5-6-7-8-9-10-11(12)13/h2-10H2,1H3,(H,12,13)/i11+1. The smallest absolute Gasteiger partial charge is 0.303 e. The minimum absolute atomic E-state index is 0.342. The Morgan fingerprint density at radius 2 is 1.38 bits per heavy atom. The summed E-state index contributed by atoms with van der Waals surface area (Å²) in [5.74, 6) is -0.661. The second-order valence-electron chi connectivity index (χ2n) is 3.62. The summed E-state index contributed by atoms with van der Waals surface area (Å²) in [5.41, 5.74) is 0. The lowest BCUT2D eigenvalue weighted by Gasteiger charge is -1.99. The first-order valence-corrected chi connectivity index (χ1v) is 5.49. The highest BCUT2D eigenvalue weighted by molar-refractivity contribution is 5.66. The summed E-state index contributed by atoms with van der Waals surface area (Å²) >= 11 is 0. The molecular weight excluding hydrogens is 165 g/mol. The van der Waals surface area contributed by atoms with Crippen molar-refractivity contribution in [2.24, 2.45) is 0 Å². The second kappa shape index (κ2) is 9.56. The monoisotopic (exact) mass is 187 g/mol. The van der Waals surface area contributed by atoms with Crippen LogP contribution in [0, 0.1) is 0 Å². The zero-order chi connectivity index (χ0) is 9.94. The normalized spacial score (nSPS) is 10.2. The number of aliphatic carboxylic acids is 1. The Bertz CT molecular complexity index is 121. The summed E-state index contributed by atoms with van der Waals surface area (Å²) < 4.78 is 0. The predicted molar refractivity (Wildman–Crippen MR) is 54.9 cm³/mol. The fourth-order valence-electron chi connectivity index (χ4n) is 1.41. The van der Waals surface area contributed by atoms with Crippen LogP contribution in [0.2, 0.25) is 0 Å². The van der Waals surface area contributed by atoms with E-state index in [-0.39, 0.29) is 0 Å². The highest BCUT2D eigenvalue weighted by Crippen LogP contribution is 2.09. The molecule has 0 amide bonds. The van der Waals surface area contributed by atoms with Gasteiger partial charge in [-0.05, 0) is 6.42 Å². The molecule has 0 unspecified atom stereocenters. The van der Waals surface area contributed by atoms with E-state index < -0.39 is 5.97 Å². The zero-order valence-corrected chi connectivity index (χ0v) is 8.72. The number of hydrogen-bond acceptors (Lipinski definition) is 1. The van der Waals surface area contributed by atoms with Gasteiger partial charge >= 0.3 is 5.97 Å². The zero-order valence-electron chi connectivity index (χ0n) is 8.72. The van der Waals surface area contributed by atoms with Crippen LogP contribution in [0.1, 0.15) is 64.7 Å². The van der Waals surface area contributed by atoms with Crippen molar-refractivity contribution >= 4 is 5.97 Å². The average Bonchev–Trinajstić information content (AvgIpc) is 2.09. The molecule has 0 saturated heterocycles. The molecule has 0 heterocycles. The lowest BCUT2D eigenvalue weighted by molar-refractivity contribution is -0.137. The van der Waals surface area contributed by atoms with Gasteiger partial charge in [-0.3, -0.25) is 4.79 Å². The molecule has 1 N–H and O–H groups in total. The van der Waals surface area contributed by atoms with Crippen LogP contribution in [0.5, 0.6) is 0 Å². The van der Waals surface area contributed by atoms with Crippen LogP contribution in [0.3, 0.4) is 0 Å². The van der Waals surface area contributed by atoms with Crippen LogP contribution in [-0.2, 0) is 4.79 Å². The molecule has 0 aliphatic heterocycles. The van der Waals surface area contributed by atoms with Crippen LogP contribution in [-0.4, -0.2) is 11.1 Å². The van der Waals surface area contributed by atoms with Gasteiger partial charge in [0.2, 0.25) is 0 Å². The van der Waals surface area contributed by atoms with Gasteiger partial charge in [0.15, 0.2) is 0 Å². The maximum absolute atomic E-state index is 10.2. The first kappa shape index (κ1) is 12.5. The fraction of sp³-hybridized carbons (Fsp3) is 0.909. The summed E-state index contributed by atoms with van der Waals surface area (Å²) in [4.78, 5) is 10.2. The summed E-state index contributed by atoms with van der Waals surface area (Å²) in [7, 11) is 0. The highest BCUT2D eigenvalue weighted by Gasteiger charge is 1.95. The van der Waals surface area contributed by atoms with Crippen LogP contribution in [0.4, 0.5) is 0 Å². The number of rotatable bonds is 9. The van der Waals surface area contributed by atoms with Gasteiger partial charge in [0, 0.05) is 6.42 Å². The van der Waals surface area contributed by atoms with Crippen molar-refractivity contribution < 1.29 is 9.90 Å². The quantitative estimate of drug-likeness (QED) is 0.442. The van der Waals surface area contributed by atoms with Gasteiger partial charge < -0.3 is 5.11 Å². The molecule has 0 fully saturated rings. The predicted octanol–water partition coefficient (Wildman–Crippen LogP) is 3.60. The number of carboxylic acids is 1. The molecule has 0 aromatic carbocycles. The van der Waals surface area contributed by atoms with Crippen molar-refractivity contribution in [1.82, 2.24) is 0 Å². The molecular formula is C11H22O2. The topological polar surface area (TPSA) is 37.3 Å². The number of carboxylic acid groups (broad SMARTS) is 1. The molecule has 78 valence electrons. The Balaban J connectivity index is 2.87. The third kappa shape index (κ3) is 11.5. The van der Waals surface area contributed by atoms with E-state index in [1.54, 1.807) is 0 Å². The molecule has 0 rings (SSSR count). The number of unbranched alkanes of at least 4 members (excludes halogenated alkanes) is 7. The van der Waals surface area contributed by atoms with Gasteiger partial charge in [0.25, 0.3) is 0 Å². The van der Waals surface area contributed by atoms with Crippen LogP contribution < -0.4 is 0 Å². The minimum atomic E-state index is -0.661. The lowest BCUT2D eigenvalue weighted by atomic mass is 10.1. The molecule has 0 atom stereocenters. The minimum Gasteiger partial charge on any atom is -0.481 e. The Labute approximate surface area is 81.3 Å². The third-order valence-corrected chi connectivity index (χ3v) is 2.24. The molecule has 0 spiro atoms. The Kier molecular flexibility index (Phi) is 9.17. The van der Waals surface area contributed by atoms with Crippen molar-refractivity contribution in [1.29, 1.82) is 0 Å². The van der Waals surface area contributed by atoms with Gasteiger partial charge in [-0.25, -0.2) is 0 Å². The van der Waals surface area contributed by atoms with E-state index in [9.17, 15) is 4.79 Å². The second-order valence-corrected chi connectivity index (χ2v) is 3.62. The largest absolute Gasteiger partial charge is 0.481 e. The third-order valence-electron chi connectivity index (χ3n) is 2.24. The van der Waals surface area contributed by atoms with E-state index in [1.807, 2.05) is 0 Å². The maximum Gasteiger partial charge on any atom is 0.303 e. The van der Waals surface area contributed by atoms with Crippen molar-refractivity contribution in [3.63, 3.8) is 0 Å². The molecule has 0 aromatic rings. The molecule has 0 aromatic heterocycles. The van der Waals surface area contributed by atoms with Gasteiger partial charge in [0.05, 0.1) is 0 Å². The maximum atomic E-state index is 10.2. The van der Waals surface area contributed by atoms with Crippen molar-refractivity contribution in [3.05, 3.63) is 0 Å². The first-order chi connectivity index (χ1) is 6.27. The van der Waals surface area contributed by atoms with Gasteiger partial charge in [0.1, 0.15) is 0 Å². The summed E-state index contributed by atoms with van der Waals surface area (Å²) in [6, 6.07) is 0. The first-order valence-electron chi connectivity index (χ1n) is 5.49. The van der Waals surface area contributed by atoms with Crippen molar-refractivity contribution in [2.45, 2.75) is 64.7 Å². The van der Waals surface area contributed by atoms with Gasteiger partial charge in [-0.15, -0.1) is 0 Å². The molecule has 13 heavy (non-hydrogen) atoms. The van der Waals surface area contributed by atoms with Crippen LogP contribution in [0.25, 0.3) is 0 Å². The molecule has 2 nitrogen and oxygen atoms in total. The van der Waals surface area contributed by atoms with Gasteiger partial charge in [-0.1, -0.05) is 51.9 Å². The van der Waals surface area contributed by atoms with Crippen molar-refractivity contribution in [2.75, 3.05) is 0 Å². The fourth-order valence-corrected chi connectivity index (χ4v) is 1.41. The highest BCUT2D eigenvalue weighted by atomic mass is 16.5. The number of hydrogen-bond donors (Lipinski definition) is 1. The van der Waals surface area contributed by atoms with E-state index in [0.29, 0.717) is 6.42 Å². The summed E-state index contributed by atoms with van der Waals surface area (Å²) in [6.07, 6.45) is 10.1. The Morgan fingerprint density at radius 1 is 0.923 bits per heavy atom. The molecule has 2 heteroatoms. The Hall–Kier alpha value is -0.530. The van der Waals surface area contributed by atoms with Crippen LogP contribution >= 0.6 is 0 Å². The van der Waals surface area contributed by atoms with E-state index in [1.165, 1.54) is 38.5 Å². The average molecular weight is 187 g/mol. The number of carbonyl (C=O) groups is 1.